The van der Waals surface area contributed by atoms with Crippen molar-refractivity contribution in [2.75, 3.05) is 18.4 Å². The van der Waals surface area contributed by atoms with Crippen LogP contribution in [0.3, 0.4) is 0 Å². The average Bonchev–Trinajstić information content (AvgIpc) is 3.08. The van der Waals surface area contributed by atoms with E-state index in [2.05, 4.69) is 10.6 Å². The standard InChI is InChI=1S/C12H13NO2.C4H9N/c1-4-8-5-6(2)10-9(7(8)3)11(14)12(15)13-10;1-2-4-5-3-1/h5H,4H2,1-3H3,(H,13,14,15);5H,1-4H2. The molecule has 0 bridgehead atoms. The highest BCUT2D eigenvalue weighted by Gasteiger charge is 2.31. The Morgan fingerprint density at radius 1 is 1.15 bits per heavy atom. The maximum absolute atomic E-state index is 11.6. The predicted molar refractivity (Wildman–Crippen MR) is 80.4 cm³/mol. The van der Waals surface area contributed by atoms with E-state index in [0.717, 1.165) is 23.1 Å². The molecule has 20 heavy (non-hydrogen) atoms. The first-order valence-electron chi connectivity index (χ1n) is 7.25. The number of carbonyl (C=O) groups is 2. The average molecular weight is 274 g/mol. The van der Waals surface area contributed by atoms with Crippen LogP contribution in [-0.2, 0) is 11.2 Å². The van der Waals surface area contributed by atoms with Crippen LogP contribution in [0.25, 0.3) is 0 Å². The predicted octanol–water partition coefficient (Wildman–Crippen LogP) is 2.37. The second-order valence-corrected chi connectivity index (χ2v) is 5.32. The van der Waals surface area contributed by atoms with Gasteiger partial charge in [0.2, 0.25) is 0 Å². The number of carbonyl (C=O) groups excluding carboxylic acids is 2. The number of hydrogen-bond donors (Lipinski definition) is 2. The summed E-state index contributed by atoms with van der Waals surface area (Å²) in [4.78, 5) is 22.9. The lowest BCUT2D eigenvalue weighted by Gasteiger charge is -2.10. The summed E-state index contributed by atoms with van der Waals surface area (Å²) >= 11 is 0. The Morgan fingerprint density at radius 3 is 2.30 bits per heavy atom. The Hall–Kier alpha value is -1.68. The summed E-state index contributed by atoms with van der Waals surface area (Å²) in [5, 5.41) is 5.84. The molecule has 0 aliphatic carbocycles. The first-order valence-corrected chi connectivity index (χ1v) is 7.25. The van der Waals surface area contributed by atoms with Gasteiger partial charge in [0.05, 0.1) is 11.3 Å². The van der Waals surface area contributed by atoms with E-state index >= 15 is 0 Å². The number of benzene rings is 1. The Morgan fingerprint density at radius 2 is 1.80 bits per heavy atom. The maximum Gasteiger partial charge on any atom is 0.296 e. The molecule has 0 aromatic heterocycles. The lowest BCUT2D eigenvalue weighted by atomic mass is 9.95. The third kappa shape index (κ3) is 2.75. The summed E-state index contributed by atoms with van der Waals surface area (Å²) < 4.78 is 0. The van der Waals surface area contributed by atoms with E-state index < -0.39 is 11.7 Å². The van der Waals surface area contributed by atoms with Gasteiger partial charge in [-0.25, -0.2) is 0 Å². The second-order valence-electron chi connectivity index (χ2n) is 5.32. The summed E-state index contributed by atoms with van der Waals surface area (Å²) in [5.74, 6) is -0.912. The van der Waals surface area contributed by atoms with Crippen molar-refractivity contribution in [2.24, 2.45) is 0 Å². The van der Waals surface area contributed by atoms with E-state index in [-0.39, 0.29) is 0 Å². The van der Waals surface area contributed by atoms with Gasteiger partial charge in [0.1, 0.15) is 0 Å². The van der Waals surface area contributed by atoms with E-state index in [1.165, 1.54) is 25.9 Å². The minimum absolute atomic E-state index is 0.402. The Balaban J connectivity index is 0.000000247. The quantitative estimate of drug-likeness (QED) is 0.773. The maximum atomic E-state index is 11.6. The molecule has 2 N–H and O–H groups in total. The molecule has 2 aliphatic heterocycles. The van der Waals surface area contributed by atoms with Gasteiger partial charge in [-0.15, -0.1) is 0 Å². The van der Waals surface area contributed by atoms with E-state index in [4.69, 9.17) is 0 Å². The van der Waals surface area contributed by atoms with Crippen LogP contribution in [0.4, 0.5) is 5.69 Å². The minimum Gasteiger partial charge on any atom is -0.318 e. The van der Waals surface area contributed by atoms with Gasteiger partial charge in [-0.3, -0.25) is 9.59 Å². The third-order valence-corrected chi connectivity index (χ3v) is 3.90. The molecular weight excluding hydrogens is 252 g/mol. The van der Waals surface area contributed by atoms with Crippen molar-refractivity contribution in [1.29, 1.82) is 0 Å². The Labute approximate surface area is 119 Å². The fourth-order valence-electron chi connectivity index (χ4n) is 2.71. The normalized spacial score (nSPS) is 16.6. The highest BCUT2D eigenvalue weighted by Crippen LogP contribution is 2.32. The summed E-state index contributed by atoms with van der Waals surface area (Å²) in [6, 6.07) is 2.03. The van der Waals surface area contributed by atoms with Gasteiger partial charge in [0.25, 0.3) is 11.7 Å². The monoisotopic (exact) mass is 274 g/mol. The Bertz CT molecular complexity index is 538. The summed E-state index contributed by atoms with van der Waals surface area (Å²) in [7, 11) is 0. The van der Waals surface area contributed by atoms with Gasteiger partial charge >= 0.3 is 0 Å². The van der Waals surface area contributed by atoms with Crippen molar-refractivity contribution in [1.82, 2.24) is 5.32 Å². The molecule has 4 nitrogen and oxygen atoms in total. The van der Waals surface area contributed by atoms with Crippen LogP contribution in [0.2, 0.25) is 0 Å². The van der Waals surface area contributed by atoms with E-state index in [9.17, 15) is 9.59 Å². The molecule has 0 unspecified atom stereocenters. The molecule has 4 heteroatoms. The van der Waals surface area contributed by atoms with Gasteiger partial charge in [-0.2, -0.15) is 0 Å². The van der Waals surface area contributed by atoms with Crippen molar-refractivity contribution >= 4 is 17.4 Å². The molecule has 0 saturated carbocycles. The lowest BCUT2D eigenvalue weighted by Crippen LogP contribution is -2.13. The summed E-state index contributed by atoms with van der Waals surface area (Å²) in [6.45, 7) is 8.36. The zero-order chi connectivity index (χ0) is 14.7. The van der Waals surface area contributed by atoms with Gasteiger partial charge < -0.3 is 10.6 Å². The molecule has 1 saturated heterocycles. The van der Waals surface area contributed by atoms with Crippen LogP contribution in [0.1, 0.15) is 46.8 Å². The smallest absolute Gasteiger partial charge is 0.296 e. The largest absolute Gasteiger partial charge is 0.318 e. The zero-order valence-corrected chi connectivity index (χ0v) is 12.4. The summed E-state index contributed by atoms with van der Waals surface area (Å²) in [6.07, 6.45) is 3.65. The molecule has 3 rings (SSSR count). The van der Waals surface area contributed by atoms with Crippen molar-refractivity contribution in [3.8, 4) is 0 Å². The van der Waals surface area contributed by atoms with Crippen LogP contribution < -0.4 is 10.6 Å². The third-order valence-electron chi connectivity index (χ3n) is 3.90. The molecule has 2 heterocycles. The molecule has 0 atom stereocenters. The SMILES string of the molecule is C1CCNC1.CCc1cc(C)c2c(c1C)C(=O)C(=O)N2. The number of rotatable bonds is 1. The number of aryl methyl sites for hydroxylation is 2. The van der Waals surface area contributed by atoms with Crippen molar-refractivity contribution in [3.63, 3.8) is 0 Å². The van der Waals surface area contributed by atoms with Gasteiger partial charge in [0, 0.05) is 0 Å². The fourth-order valence-corrected chi connectivity index (χ4v) is 2.71. The first-order chi connectivity index (χ1) is 9.56. The molecule has 0 radical (unpaired) electrons. The van der Waals surface area contributed by atoms with E-state index in [1.54, 1.807) is 0 Å². The summed E-state index contributed by atoms with van der Waals surface area (Å²) in [5.41, 5.74) is 4.29. The number of anilines is 1. The number of hydrogen-bond acceptors (Lipinski definition) is 3. The fraction of sp³-hybridized carbons (Fsp3) is 0.500. The number of nitrogens with one attached hydrogen (secondary N) is 2. The molecule has 0 spiro atoms. The van der Waals surface area contributed by atoms with E-state index in [0.29, 0.717) is 11.3 Å². The second kappa shape index (κ2) is 6.18. The van der Waals surface area contributed by atoms with Crippen molar-refractivity contribution < 1.29 is 9.59 Å². The molecule has 108 valence electrons. The van der Waals surface area contributed by atoms with Gasteiger partial charge in [-0.05, 0) is 62.9 Å². The molecule has 1 aromatic carbocycles. The van der Waals surface area contributed by atoms with Gasteiger partial charge in [-0.1, -0.05) is 13.0 Å². The van der Waals surface area contributed by atoms with Crippen LogP contribution in [0, 0.1) is 13.8 Å². The van der Waals surface area contributed by atoms with Crippen LogP contribution in [-0.4, -0.2) is 24.8 Å². The molecule has 1 aromatic rings. The Kier molecular flexibility index (Phi) is 4.55. The number of fused-ring (bicyclic) bond motifs is 1. The molecule has 1 amide bonds. The van der Waals surface area contributed by atoms with Crippen LogP contribution in [0.15, 0.2) is 6.07 Å². The highest BCUT2D eigenvalue weighted by atomic mass is 16.2. The molecular formula is C16H22N2O2. The molecule has 2 aliphatic rings. The van der Waals surface area contributed by atoms with Crippen LogP contribution in [0.5, 0.6) is 0 Å². The lowest BCUT2D eigenvalue weighted by molar-refractivity contribution is -0.112. The minimum atomic E-state index is -0.510. The van der Waals surface area contributed by atoms with E-state index in [1.807, 2.05) is 26.8 Å². The van der Waals surface area contributed by atoms with Crippen molar-refractivity contribution in [3.05, 3.63) is 28.3 Å². The zero-order valence-electron chi connectivity index (χ0n) is 12.4. The topological polar surface area (TPSA) is 58.2 Å². The molecule has 1 fully saturated rings. The van der Waals surface area contributed by atoms with Crippen molar-refractivity contribution in [2.45, 2.75) is 40.0 Å². The number of Topliss-reactive ketones (excluding diaryl/α,β-unsaturated/α-hetero) is 1. The van der Waals surface area contributed by atoms with Crippen LogP contribution >= 0.6 is 0 Å². The number of ketones is 1. The van der Waals surface area contributed by atoms with Gasteiger partial charge in [0.15, 0.2) is 0 Å². The first kappa shape index (κ1) is 14.7. The number of amides is 1. The highest BCUT2D eigenvalue weighted by molar-refractivity contribution is 6.52.